The quantitative estimate of drug-likeness (QED) is 0.607. The van der Waals surface area contributed by atoms with E-state index in [2.05, 4.69) is 5.32 Å². The second-order valence-electron chi connectivity index (χ2n) is 4.74. The maximum absolute atomic E-state index is 9.84. The molecule has 5 heteroatoms. The van der Waals surface area contributed by atoms with Gasteiger partial charge in [-0.05, 0) is 26.0 Å². The summed E-state index contributed by atoms with van der Waals surface area (Å²) in [7, 11) is 0. The predicted octanol–water partition coefficient (Wildman–Crippen LogP) is 0.234. The average Bonchev–Trinajstić information content (AvgIpc) is 2.36. The van der Waals surface area contributed by atoms with Gasteiger partial charge >= 0.3 is 0 Å². The minimum atomic E-state index is -1.21. The van der Waals surface area contributed by atoms with Gasteiger partial charge in [0.25, 0.3) is 0 Å². The van der Waals surface area contributed by atoms with E-state index in [4.69, 9.17) is 4.74 Å². The van der Waals surface area contributed by atoms with Crippen LogP contribution in [0, 0.1) is 6.92 Å². The van der Waals surface area contributed by atoms with Crippen LogP contribution in [0.2, 0.25) is 0 Å². The Labute approximate surface area is 106 Å². The first-order valence-corrected chi connectivity index (χ1v) is 6.02. The van der Waals surface area contributed by atoms with Crippen molar-refractivity contribution in [1.29, 1.82) is 0 Å². The number of hydrogen-bond donors (Lipinski definition) is 4. The number of nitrogens with one attached hydrogen (secondary N) is 1. The molecular formula is C13H19NO4. The number of rotatable bonds is 2. The third-order valence-electron chi connectivity index (χ3n) is 3.21. The van der Waals surface area contributed by atoms with Crippen molar-refractivity contribution in [2.75, 3.05) is 5.32 Å². The van der Waals surface area contributed by atoms with Gasteiger partial charge in [-0.25, -0.2) is 0 Å². The molecule has 0 saturated carbocycles. The summed E-state index contributed by atoms with van der Waals surface area (Å²) in [5, 5.41) is 32.1. The zero-order valence-corrected chi connectivity index (χ0v) is 10.4. The number of aliphatic hydroxyl groups is 3. The monoisotopic (exact) mass is 253 g/mol. The Morgan fingerprint density at radius 1 is 1.00 bits per heavy atom. The summed E-state index contributed by atoms with van der Waals surface area (Å²) < 4.78 is 5.44. The van der Waals surface area contributed by atoms with Gasteiger partial charge < -0.3 is 25.4 Å². The minimum absolute atomic E-state index is 0.536. The number of benzene rings is 1. The molecule has 0 radical (unpaired) electrons. The van der Waals surface area contributed by atoms with Crippen LogP contribution in [0.3, 0.4) is 0 Å². The maximum Gasteiger partial charge on any atom is 0.157 e. The van der Waals surface area contributed by atoms with Crippen LogP contribution in [0.5, 0.6) is 0 Å². The summed E-state index contributed by atoms with van der Waals surface area (Å²) in [4.78, 5) is 0. The first-order chi connectivity index (χ1) is 8.49. The lowest BCUT2D eigenvalue weighted by Crippen LogP contribution is -2.58. The van der Waals surface area contributed by atoms with Crippen molar-refractivity contribution in [1.82, 2.24) is 0 Å². The lowest BCUT2D eigenvalue weighted by atomic mass is 9.99. The fraction of sp³-hybridized carbons (Fsp3) is 0.538. The molecule has 1 aliphatic rings. The van der Waals surface area contributed by atoms with Gasteiger partial charge in [-0.1, -0.05) is 17.7 Å². The lowest BCUT2D eigenvalue weighted by Gasteiger charge is -2.39. The Balaban J connectivity index is 2.06. The van der Waals surface area contributed by atoms with Crippen LogP contribution in [-0.2, 0) is 4.74 Å². The number of aliphatic hydroxyl groups excluding tert-OH is 3. The summed E-state index contributed by atoms with van der Waals surface area (Å²) in [6.07, 6.45) is -4.72. The van der Waals surface area contributed by atoms with Crippen molar-refractivity contribution < 1.29 is 20.1 Å². The molecule has 0 spiro atoms. The third-order valence-corrected chi connectivity index (χ3v) is 3.21. The van der Waals surface area contributed by atoms with Crippen LogP contribution < -0.4 is 5.32 Å². The van der Waals surface area contributed by atoms with Crippen molar-refractivity contribution in [3.63, 3.8) is 0 Å². The molecule has 1 aromatic rings. The summed E-state index contributed by atoms with van der Waals surface area (Å²) in [5.74, 6) is 0. The standard InChI is InChI=1S/C13H19NO4/c1-7-3-5-9(6-4-7)14-13-12(17)11(16)10(15)8(2)18-13/h3-6,8,10-17H,1-2H3. The molecule has 1 aliphatic heterocycles. The van der Waals surface area contributed by atoms with Gasteiger partial charge in [-0.15, -0.1) is 0 Å². The van der Waals surface area contributed by atoms with Crippen LogP contribution in [0.4, 0.5) is 5.69 Å². The van der Waals surface area contributed by atoms with E-state index in [9.17, 15) is 15.3 Å². The highest BCUT2D eigenvalue weighted by molar-refractivity contribution is 5.45. The topological polar surface area (TPSA) is 82.0 Å². The molecule has 18 heavy (non-hydrogen) atoms. The number of hydrogen-bond acceptors (Lipinski definition) is 5. The zero-order chi connectivity index (χ0) is 13.3. The number of aryl methyl sites for hydroxylation is 1. The molecule has 4 N–H and O–H groups in total. The van der Waals surface area contributed by atoms with Crippen molar-refractivity contribution in [3.8, 4) is 0 Å². The molecule has 100 valence electrons. The summed E-state index contributed by atoms with van der Waals surface area (Å²) in [6.45, 7) is 3.64. The third kappa shape index (κ3) is 2.64. The fourth-order valence-corrected chi connectivity index (χ4v) is 1.98. The number of ether oxygens (including phenoxy) is 1. The first-order valence-electron chi connectivity index (χ1n) is 6.02. The van der Waals surface area contributed by atoms with Crippen molar-refractivity contribution in [2.45, 2.75) is 44.5 Å². The van der Waals surface area contributed by atoms with E-state index in [0.29, 0.717) is 0 Å². The van der Waals surface area contributed by atoms with Gasteiger partial charge in [0, 0.05) is 5.69 Å². The molecule has 5 unspecified atom stereocenters. The van der Waals surface area contributed by atoms with E-state index in [1.165, 1.54) is 0 Å². The van der Waals surface area contributed by atoms with Gasteiger partial charge in [0.2, 0.25) is 0 Å². The summed E-state index contributed by atoms with van der Waals surface area (Å²) in [5.41, 5.74) is 1.93. The highest BCUT2D eigenvalue weighted by atomic mass is 16.5. The second-order valence-corrected chi connectivity index (χ2v) is 4.74. The Morgan fingerprint density at radius 2 is 1.61 bits per heavy atom. The molecule has 1 aromatic carbocycles. The van der Waals surface area contributed by atoms with E-state index in [1.54, 1.807) is 6.92 Å². The van der Waals surface area contributed by atoms with Gasteiger partial charge in [0.1, 0.15) is 18.3 Å². The normalized spacial score (nSPS) is 36.4. The summed E-state index contributed by atoms with van der Waals surface area (Å²) >= 11 is 0. The van der Waals surface area contributed by atoms with Crippen molar-refractivity contribution in [3.05, 3.63) is 29.8 Å². The molecule has 2 rings (SSSR count). The van der Waals surface area contributed by atoms with E-state index in [1.807, 2.05) is 31.2 Å². The van der Waals surface area contributed by atoms with Gasteiger partial charge in [-0.3, -0.25) is 0 Å². The molecular weight excluding hydrogens is 234 g/mol. The second kappa shape index (κ2) is 5.24. The zero-order valence-electron chi connectivity index (χ0n) is 10.4. The van der Waals surface area contributed by atoms with Crippen LogP contribution in [0.15, 0.2) is 24.3 Å². The van der Waals surface area contributed by atoms with E-state index >= 15 is 0 Å². The van der Waals surface area contributed by atoms with Crippen LogP contribution in [-0.4, -0.2) is 46.0 Å². The molecule has 1 heterocycles. The average molecular weight is 253 g/mol. The Morgan fingerprint density at radius 3 is 2.22 bits per heavy atom. The Bertz CT molecular complexity index is 394. The molecule has 1 fully saturated rings. The smallest absolute Gasteiger partial charge is 0.157 e. The van der Waals surface area contributed by atoms with E-state index in [-0.39, 0.29) is 0 Å². The molecule has 1 saturated heterocycles. The summed E-state index contributed by atoms with van der Waals surface area (Å²) in [6, 6.07) is 7.61. The van der Waals surface area contributed by atoms with Gasteiger partial charge in [0.15, 0.2) is 6.23 Å². The molecule has 5 nitrogen and oxygen atoms in total. The Kier molecular flexibility index (Phi) is 3.87. The largest absolute Gasteiger partial charge is 0.388 e. The fourth-order valence-electron chi connectivity index (χ4n) is 1.98. The molecule has 0 bridgehead atoms. The molecule has 0 aromatic heterocycles. The van der Waals surface area contributed by atoms with E-state index in [0.717, 1.165) is 11.3 Å². The number of anilines is 1. The molecule has 0 amide bonds. The van der Waals surface area contributed by atoms with Gasteiger partial charge in [-0.2, -0.15) is 0 Å². The lowest BCUT2D eigenvalue weighted by molar-refractivity contribution is -0.209. The minimum Gasteiger partial charge on any atom is -0.388 e. The SMILES string of the molecule is Cc1ccc(NC2OC(C)C(O)C(O)C2O)cc1. The van der Waals surface area contributed by atoms with Crippen LogP contribution >= 0.6 is 0 Å². The van der Waals surface area contributed by atoms with Gasteiger partial charge in [0.05, 0.1) is 6.10 Å². The van der Waals surface area contributed by atoms with Crippen molar-refractivity contribution in [2.24, 2.45) is 0 Å². The highest BCUT2D eigenvalue weighted by Gasteiger charge is 2.41. The molecule has 5 atom stereocenters. The van der Waals surface area contributed by atoms with Crippen molar-refractivity contribution >= 4 is 5.69 Å². The molecule has 0 aliphatic carbocycles. The highest BCUT2D eigenvalue weighted by Crippen LogP contribution is 2.22. The predicted molar refractivity (Wildman–Crippen MR) is 67.2 cm³/mol. The van der Waals surface area contributed by atoms with Crippen LogP contribution in [0.25, 0.3) is 0 Å². The maximum atomic E-state index is 9.84. The van der Waals surface area contributed by atoms with Crippen LogP contribution in [0.1, 0.15) is 12.5 Å². The van der Waals surface area contributed by atoms with E-state index < -0.39 is 30.6 Å². The Hall–Kier alpha value is -1.14. The first kappa shape index (κ1) is 13.3.